The number of methoxy groups -OCH3 is 1. The van der Waals surface area contributed by atoms with Crippen molar-refractivity contribution in [3.8, 4) is 5.75 Å². The number of ether oxygens (including phenoxy) is 1. The van der Waals surface area contributed by atoms with E-state index in [0.717, 1.165) is 10.0 Å². The molecule has 0 bridgehead atoms. The van der Waals surface area contributed by atoms with E-state index in [-0.39, 0.29) is 23.9 Å². The number of benzene rings is 2. The van der Waals surface area contributed by atoms with E-state index >= 15 is 0 Å². The van der Waals surface area contributed by atoms with Crippen LogP contribution in [0, 0.1) is 6.92 Å². The van der Waals surface area contributed by atoms with Gasteiger partial charge in [-0.1, -0.05) is 27.5 Å². The quantitative estimate of drug-likeness (QED) is 0.661. The molecule has 1 saturated heterocycles. The minimum absolute atomic E-state index is 0.226. The van der Waals surface area contributed by atoms with Crippen LogP contribution in [0.1, 0.15) is 15.9 Å². The summed E-state index contributed by atoms with van der Waals surface area (Å²) in [7, 11) is -2.12. The van der Waals surface area contributed by atoms with E-state index in [1.54, 1.807) is 41.3 Å². The fourth-order valence-electron chi connectivity index (χ4n) is 3.08. The zero-order chi connectivity index (χ0) is 20.5. The van der Waals surface area contributed by atoms with Crippen molar-refractivity contribution in [2.75, 3.05) is 33.3 Å². The average molecular weight is 488 g/mol. The van der Waals surface area contributed by atoms with E-state index in [9.17, 15) is 13.2 Å². The van der Waals surface area contributed by atoms with Gasteiger partial charge in [0.15, 0.2) is 0 Å². The van der Waals surface area contributed by atoms with Crippen LogP contribution in [0.3, 0.4) is 0 Å². The third-order valence-electron chi connectivity index (χ3n) is 4.68. The second-order valence-electron chi connectivity index (χ2n) is 6.45. The summed E-state index contributed by atoms with van der Waals surface area (Å²) in [6, 6.07) is 9.83. The summed E-state index contributed by atoms with van der Waals surface area (Å²) in [6.07, 6.45) is 0. The number of sulfonamides is 1. The first-order chi connectivity index (χ1) is 13.2. The van der Waals surface area contributed by atoms with Crippen molar-refractivity contribution in [1.29, 1.82) is 0 Å². The second-order valence-corrected chi connectivity index (χ2v) is 9.68. The minimum Gasteiger partial charge on any atom is -0.496 e. The Kier molecular flexibility index (Phi) is 6.34. The van der Waals surface area contributed by atoms with Crippen LogP contribution in [0.5, 0.6) is 5.75 Å². The van der Waals surface area contributed by atoms with Gasteiger partial charge in [0.25, 0.3) is 5.91 Å². The van der Waals surface area contributed by atoms with Crippen LogP contribution in [0.4, 0.5) is 0 Å². The molecule has 0 unspecified atom stereocenters. The summed E-state index contributed by atoms with van der Waals surface area (Å²) in [4.78, 5) is 14.7. The van der Waals surface area contributed by atoms with Gasteiger partial charge in [0.1, 0.15) is 5.75 Å². The van der Waals surface area contributed by atoms with Crippen molar-refractivity contribution in [3.63, 3.8) is 0 Å². The standard InChI is InChI=1S/C19H20BrClN2O4S/c1-13-11-15(4-5-17(13)20)28(25,26)23-9-7-22(8-10-23)19(24)16-12-14(21)3-6-18(16)27-2/h3-6,11-12H,7-10H2,1-2H3. The maximum atomic E-state index is 12.9. The number of rotatable bonds is 4. The maximum Gasteiger partial charge on any atom is 0.257 e. The molecule has 3 rings (SSSR count). The van der Waals surface area contributed by atoms with Crippen LogP contribution in [0.2, 0.25) is 5.02 Å². The molecule has 150 valence electrons. The normalized spacial score (nSPS) is 15.5. The fourth-order valence-corrected chi connectivity index (χ4v) is 5.00. The molecule has 1 amide bonds. The Morgan fingerprint density at radius 3 is 2.39 bits per heavy atom. The number of hydrogen-bond acceptors (Lipinski definition) is 4. The predicted molar refractivity (Wildman–Crippen MR) is 112 cm³/mol. The number of carbonyl (C=O) groups excluding carboxylic acids is 1. The van der Waals surface area contributed by atoms with Crippen LogP contribution in [0.15, 0.2) is 45.8 Å². The molecule has 9 heteroatoms. The maximum absolute atomic E-state index is 12.9. The second kappa shape index (κ2) is 8.41. The molecule has 28 heavy (non-hydrogen) atoms. The number of nitrogens with zero attached hydrogens (tertiary/aromatic N) is 2. The van der Waals surface area contributed by atoms with Gasteiger partial charge in [0, 0.05) is 35.7 Å². The first-order valence-electron chi connectivity index (χ1n) is 8.63. The van der Waals surface area contributed by atoms with Gasteiger partial charge in [-0.2, -0.15) is 4.31 Å². The van der Waals surface area contributed by atoms with Gasteiger partial charge in [-0.3, -0.25) is 4.79 Å². The summed E-state index contributed by atoms with van der Waals surface area (Å²) in [6.45, 7) is 2.89. The minimum atomic E-state index is -3.61. The van der Waals surface area contributed by atoms with Gasteiger partial charge in [0.2, 0.25) is 10.0 Å². The Morgan fingerprint density at radius 2 is 1.79 bits per heavy atom. The lowest BCUT2D eigenvalue weighted by Crippen LogP contribution is -2.50. The van der Waals surface area contributed by atoms with Crippen molar-refractivity contribution in [3.05, 3.63) is 57.0 Å². The Morgan fingerprint density at radius 1 is 1.11 bits per heavy atom. The smallest absolute Gasteiger partial charge is 0.257 e. The van der Waals surface area contributed by atoms with Crippen molar-refractivity contribution < 1.29 is 17.9 Å². The summed E-state index contributed by atoms with van der Waals surface area (Å²) >= 11 is 9.40. The van der Waals surface area contributed by atoms with E-state index in [1.165, 1.54) is 11.4 Å². The highest BCUT2D eigenvalue weighted by Crippen LogP contribution is 2.26. The molecule has 2 aromatic carbocycles. The van der Waals surface area contributed by atoms with Gasteiger partial charge in [0.05, 0.1) is 17.6 Å². The number of carbonyl (C=O) groups is 1. The first kappa shape index (κ1) is 21.1. The topological polar surface area (TPSA) is 66.9 Å². The largest absolute Gasteiger partial charge is 0.496 e. The lowest BCUT2D eigenvalue weighted by atomic mass is 10.1. The summed E-state index contributed by atoms with van der Waals surface area (Å²) in [5, 5.41) is 0.441. The number of amides is 1. The number of piperazine rings is 1. The van der Waals surface area contributed by atoms with Crippen molar-refractivity contribution in [2.24, 2.45) is 0 Å². The molecular formula is C19H20BrClN2O4S. The zero-order valence-electron chi connectivity index (χ0n) is 15.5. The van der Waals surface area contributed by atoms with Crippen LogP contribution < -0.4 is 4.74 Å². The van der Waals surface area contributed by atoms with Gasteiger partial charge >= 0.3 is 0 Å². The van der Waals surface area contributed by atoms with E-state index in [0.29, 0.717) is 29.4 Å². The molecule has 2 aromatic rings. The summed E-state index contributed by atoms with van der Waals surface area (Å²) < 4.78 is 33.3. The van der Waals surface area contributed by atoms with Gasteiger partial charge in [-0.25, -0.2) is 8.42 Å². The molecule has 1 aliphatic heterocycles. The summed E-state index contributed by atoms with van der Waals surface area (Å²) in [5.41, 5.74) is 1.22. The molecule has 1 heterocycles. The molecule has 1 aliphatic rings. The van der Waals surface area contributed by atoms with Crippen LogP contribution >= 0.6 is 27.5 Å². The Labute approximate surface area is 178 Å². The molecule has 0 aliphatic carbocycles. The predicted octanol–water partition coefficient (Wildman–Crippen LogP) is 3.57. The molecule has 0 atom stereocenters. The van der Waals surface area contributed by atoms with Crippen LogP contribution in [-0.4, -0.2) is 56.8 Å². The highest BCUT2D eigenvalue weighted by Gasteiger charge is 2.31. The van der Waals surface area contributed by atoms with E-state index < -0.39 is 10.0 Å². The molecule has 0 aromatic heterocycles. The molecule has 0 radical (unpaired) electrons. The summed E-state index contributed by atoms with van der Waals surface area (Å²) in [5.74, 6) is 0.214. The van der Waals surface area contributed by atoms with Gasteiger partial charge in [-0.05, 0) is 48.9 Å². The SMILES string of the molecule is COc1ccc(Cl)cc1C(=O)N1CCN(S(=O)(=O)c2ccc(Br)c(C)c2)CC1. The number of hydrogen-bond donors (Lipinski definition) is 0. The molecule has 0 saturated carbocycles. The van der Waals surface area contributed by atoms with E-state index in [2.05, 4.69) is 15.9 Å². The third kappa shape index (κ3) is 4.20. The van der Waals surface area contributed by atoms with Gasteiger partial charge in [-0.15, -0.1) is 0 Å². The van der Waals surface area contributed by atoms with Crippen molar-refractivity contribution in [2.45, 2.75) is 11.8 Å². The molecular weight excluding hydrogens is 468 g/mol. The van der Waals surface area contributed by atoms with Gasteiger partial charge < -0.3 is 9.64 Å². The first-order valence-corrected chi connectivity index (χ1v) is 11.2. The molecule has 0 spiro atoms. The highest BCUT2D eigenvalue weighted by molar-refractivity contribution is 9.10. The Hall–Kier alpha value is -1.61. The van der Waals surface area contributed by atoms with E-state index in [4.69, 9.17) is 16.3 Å². The van der Waals surface area contributed by atoms with Crippen LogP contribution in [-0.2, 0) is 10.0 Å². The third-order valence-corrected chi connectivity index (χ3v) is 7.70. The molecule has 1 fully saturated rings. The molecule has 0 N–H and O–H groups in total. The zero-order valence-corrected chi connectivity index (χ0v) is 18.6. The Balaban J connectivity index is 1.74. The van der Waals surface area contributed by atoms with Crippen molar-refractivity contribution in [1.82, 2.24) is 9.21 Å². The lowest BCUT2D eigenvalue weighted by Gasteiger charge is -2.34. The number of aryl methyl sites for hydroxylation is 1. The number of halogens is 2. The van der Waals surface area contributed by atoms with Crippen LogP contribution in [0.25, 0.3) is 0 Å². The fraction of sp³-hybridized carbons (Fsp3) is 0.316. The highest BCUT2D eigenvalue weighted by atomic mass is 79.9. The average Bonchev–Trinajstić information content (AvgIpc) is 2.69. The lowest BCUT2D eigenvalue weighted by molar-refractivity contribution is 0.0694. The van der Waals surface area contributed by atoms with E-state index in [1.807, 2.05) is 6.92 Å². The molecule has 6 nitrogen and oxygen atoms in total. The monoisotopic (exact) mass is 486 g/mol. The Bertz CT molecular complexity index is 1000. The van der Waals surface area contributed by atoms with Crippen molar-refractivity contribution >= 4 is 43.5 Å².